The van der Waals surface area contributed by atoms with Crippen LogP contribution in [0.3, 0.4) is 0 Å². The Bertz CT molecular complexity index is 327. The fourth-order valence-corrected chi connectivity index (χ4v) is 1.59. The van der Waals surface area contributed by atoms with Gasteiger partial charge in [-0.15, -0.1) is 11.6 Å². The Hall–Kier alpha value is -0.600. The van der Waals surface area contributed by atoms with Gasteiger partial charge in [0.05, 0.1) is 0 Å². The third-order valence-corrected chi connectivity index (χ3v) is 3.15. The molecule has 1 aromatic rings. The summed E-state index contributed by atoms with van der Waals surface area (Å²) in [6.45, 7) is 4.78. The predicted molar refractivity (Wildman–Crippen MR) is 62.8 cm³/mol. The first-order chi connectivity index (χ1) is 7.04. The first-order valence-electron chi connectivity index (χ1n) is 5.06. The molecule has 1 nitrogen and oxygen atoms in total. The van der Waals surface area contributed by atoms with Crippen LogP contribution in [-0.4, -0.2) is 23.9 Å². The molecular weight excluding hydrogens is 213 g/mol. The standard InChI is InChI=1S/C12H17ClFN/c1-9-4-5-12(14)6-11(9)8-15(3)10(2)7-13/h4-6,10H,7-8H2,1-3H3. The molecule has 0 heterocycles. The third kappa shape index (κ3) is 3.47. The second-order valence-electron chi connectivity index (χ2n) is 3.99. The summed E-state index contributed by atoms with van der Waals surface area (Å²) in [6, 6.07) is 5.19. The Balaban J connectivity index is 2.75. The summed E-state index contributed by atoms with van der Waals surface area (Å²) in [5, 5.41) is 0. The Morgan fingerprint density at radius 1 is 1.47 bits per heavy atom. The van der Waals surface area contributed by atoms with Crippen molar-refractivity contribution in [2.75, 3.05) is 12.9 Å². The van der Waals surface area contributed by atoms with Crippen LogP contribution < -0.4 is 0 Å². The molecule has 1 aromatic carbocycles. The van der Waals surface area contributed by atoms with Crippen LogP contribution in [0.5, 0.6) is 0 Å². The molecule has 1 unspecified atom stereocenters. The topological polar surface area (TPSA) is 3.24 Å². The Labute approximate surface area is 95.8 Å². The Morgan fingerprint density at radius 3 is 2.73 bits per heavy atom. The highest BCUT2D eigenvalue weighted by atomic mass is 35.5. The van der Waals surface area contributed by atoms with Gasteiger partial charge in [-0.2, -0.15) is 0 Å². The molecule has 0 N–H and O–H groups in total. The number of nitrogens with zero attached hydrogens (tertiary/aromatic N) is 1. The van der Waals surface area contributed by atoms with Gasteiger partial charge in [-0.3, -0.25) is 4.90 Å². The maximum absolute atomic E-state index is 13.0. The molecule has 3 heteroatoms. The summed E-state index contributed by atoms with van der Waals surface area (Å²) in [5.74, 6) is 0.410. The highest BCUT2D eigenvalue weighted by Crippen LogP contribution is 2.13. The van der Waals surface area contributed by atoms with Crippen molar-refractivity contribution in [2.24, 2.45) is 0 Å². The minimum Gasteiger partial charge on any atom is -0.298 e. The maximum Gasteiger partial charge on any atom is 0.123 e. The molecule has 0 aromatic heterocycles. The van der Waals surface area contributed by atoms with E-state index in [2.05, 4.69) is 11.8 Å². The first kappa shape index (κ1) is 12.5. The van der Waals surface area contributed by atoms with Gasteiger partial charge >= 0.3 is 0 Å². The normalized spacial score (nSPS) is 13.2. The number of benzene rings is 1. The first-order valence-corrected chi connectivity index (χ1v) is 5.59. The van der Waals surface area contributed by atoms with E-state index >= 15 is 0 Å². The summed E-state index contributed by atoms with van der Waals surface area (Å²) in [6.07, 6.45) is 0. The fraction of sp³-hybridized carbons (Fsp3) is 0.500. The molecule has 0 spiro atoms. The quantitative estimate of drug-likeness (QED) is 0.717. The minimum atomic E-state index is -0.178. The molecule has 84 valence electrons. The van der Waals surface area contributed by atoms with Crippen LogP contribution >= 0.6 is 11.6 Å². The van der Waals surface area contributed by atoms with Crippen LogP contribution in [0.25, 0.3) is 0 Å². The van der Waals surface area contributed by atoms with Crippen molar-refractivity contribution in [3.8, 4) is 0 Å². The summed E-state index contributed by atoms with van der Waals surface area (Å²) in [5.41, 5.74) is 2.14. The van der Waals surface area contributed by atoms with E-state index in [1.54, 1.807) is 6.07 Å². The van der Waals surface area contributed by atoms with E-state index in [4.69, 9.17) is 11.6 Å². The van der Waals surface area contributed by atoms with Gasteiger partial charge < -0.3 is 0 Å². The lowest BCUT2D eigenvalue weighted by Crippen LogP contribution is -2.30. The van der Waals surface area contributed by atoms with E-state index in [0.29, 0.717) is 11.9 Å². The van der Waals surface area contributed by atoms with Gasteiger partial charge in [0, 0.05) is 18.5 Å². The van der Waals surface area contributed by atoms with Crippen molar-refractivity contribution in [1.82, 2.24) is 4.90 Å². The molecule has 0 radical (unpaired) electrons. The zero-order valence-corrected chi connectivity index (χ0v) is 10.2. The smallest absolute Gasteiger partial charge is 0.123 e. The molecule has 1 atom stereocenters. The predicted octanol–water partition coefficient (Wildman–Crippen LogP) is 3.19. The molecule has 0 fully saturated rings. The van der Waals surface area contributed by atoms with Crippen LogP contribution in [-0.2, 0) is 6.54 Å². The third-order valence-electron chi connectivity index (χ3n) is 2.71. The van der Waals surface area contributed by atoms with E-state index in [1.165, 1.54) is 6.07 Å². The zero-order chi connectivity index (χ0) is 11.4. The SMILES string of the molecule is Cc1ccc(F)cc1CN(C)C(C)CCl. The summed E-state index contributed by atoms with van der Waals surface area (Å²) in [7, 11) is 2.00. The lowest BCUT2D eigenvalue weighted by molar-refractivity contribution is 0.267. The van der Waals surface area contributed by atoms with E-state index in [9.17, 15) is 4.39 Å². The molecule has 0 saturated heterocycles. The van der Waals surface area contributed by atoms with Gasteiger partial charge in [-0.1, -0.05) is 6.07 Å². The van der Waals surface area contributed by atoms with Crippen molar-refractivity contribution >= 4 is 11.6 Å². The molecule has 0 aliphatic rings. The van der Waals surface area contributed by atoms with Gasteiger partial charge in [0.1, 0.15) is 5.82 Å². The number of rotatable bonds is 4. The van der Waals surface area contributed by atoms with Crippen molar-refractivity contribution in [2.45, 2.75) is 26.4 Å². The van der Waals surface area contributed by atoms with Crippen molar-refractivity contribution in [1.29, 1.82) is 0 Å². The van der Waals surface area contributed by atoms with Crippen LogP contribution in [0.2, 0.25) is 0 Å². The van der Waals surface area contributed by atoms with E-state index in [-0.39, 0.29) is 5.82 Å². The van der Waals surface area contributed by atoms with Crippen LogP contribution in [0.4, 0.5) is 4.39 Å². The molecular formula is C12H17ClFN. The molecule has 1 rings (SSSR count). The van der Waals surface area contributed by atoms with Crippen LogP contribution in [0.1, 0.15) is 18.1 Å². The van der Waals surface area contributed by atoms with E-state index in [0.717, 1.165) is 17.7 Å². The Kier molecular flexibility index (Phi) is 4.55. The largest absolute Gasteiger partial charge is 0.298 e. The van der Waals surface area contributed by atoms with E-state index in [1.807, 2.05) is 20.0 Å². The summed E-state index contributed by atoms with van der Waals surface area (Å²) >= 11 is 5.77. The van der Waals surface area contributed by atoms with Crippen molar-refractivity contribution in [3.05, 3.63) is 35.1 Å². The number of alkyl halides is 1. The highest BCUT2D eigenvalue weighted by molar-refractivity contribution is 6.18. The monoisotopic (exact) mass is 229 g/mol. The number of halogens is 2. The highest BCUT2D eigenvalue weighted by Gasteiger charge is 2.09. The zero-order valence-electron chi connectivity index (χ0n) is 9.43. The number of aryl methyl sites for hydroxylation is 1. The average Bonchev–Trinajstić information content (AvgIpc) is 2.22. The van der Waals surface area contributed by atoms with Gasteiger partial charge in [-0.25, -0.2) is 4.39 Å². The van der Waals surface area contributed by atoms with Gasteiger partial charge in [0.15, 0.2) is 0 Å². The molecule has 15 heavy (non-hydrogen) atoms. The second kappa shape index (κ2) is 5.47. The second-order valence-corrected chi connectivity index (χ2v) is 4.30. The Morgan fingerprint density at radius 2 is 2.13 bits per heavy atom. The number of hydrogen-bond donors (Lipinski definition) is 0. The number of hydrogen-bond acceptors (Lipinski definition) is 1. The van der Waals surface area contributed by atoms with Gasteiger partial charge in [0.25, 0.3) is 0 Å². The van der Waals surface area contributed by atoms with E-state index < -0.39 is 0 Å². The lowest BCUT2D eigenvalue weighted by Gasteiger charge is -2.23. The molecule has 0 aliphatic heterocycles. The molecule has 0 saturated carbocycles. The lowest BCUT2D eigenvalue weighted by atomic mass is 10.1. The minimum absolute atomic E-state index is 0.178. The van der Waals surface area contributed by atoms with Crippen LogP contribution in [0, 0.1) is 12.7 Å². The van der Waals surface area contributed by atoms with Crippen molar-refractivity contribution in [3.63, 3.8) is 0 Å². The summed E-state index contributed by atoms with van der Waals surface area (Å²) < 4.78 is 13.0. The molecule has 0 bridgehead atoms. The van der Waals surface area contributed by atoms with Gasteiger partial charge in [0.2, 0.25) is 0 Å². The van der Waals surface area contributed by atoms with Crippen LogP contribution in [0.15, 0.2) is 18.2 Å². The fourth-order valence-electron chi connectivity index (χ4n) is 1.35. The molecule has 0 aliphatic carbocycles. The molecule has 0 amide bonds. The maximum atomic E-state index is 13.0. The van der Waals surface area contributed by atoms with Gasteiger partial charge in [-0.05, 0) is 44.2 Å². The average molecular weight is 230 g/mol. The summed E-state index contributed by atoms with van der Waals surface area (Å²) in [4.78, 5) is 2.12. The van der Waals surface area contributed by atoms with Crippen molar-refractivity contribution < 1.29 is 4.39 Å².